The minimum atomic E-state index is 0.312. The monoisotopic (exact) mass is 228 g/mol. The molecular weight excluding hydrogens is 200 g/mol. The molecule has 0 radical (unpaired) electrons. The Hall–Kier alpha value is -0.120. The number of piperidine rings is 1. The van der Waals surface area contributed by atoms with Crippen LogP contribution in [0.15, 0.2) is 0 Å². The lowest BCUT2D eigenvalue weighted by molar-refractivity contribution is 0.202. The van der Waals surface area contributed by atoms with E-state index in [9.17, 15) is 0 Å². The van der Waals surface area contributed by atoms with Gasteiger partial charge in [0.25, 0.3) is 0 Å². The van der Waals surface area contributed by atoms with Crippen LogP contribution >= 0.6 is 0 Å². The molecule has 1 heterocycles. The number of hydrogen-bond donors (Lipinski definition) is 2. The van der Waals surface area contributed by atoms with Crippen LogP contribution in [0.5, 0.6) is 0 Å². The van der Waals surface area contributed by atoms with E-state index in [0.29, 0.717) is 18.7 Å². The Labute approximate surface area is 100 Å². The van der Waals surface area contributed by atoms with Gasteiger partial charge in [-0.3, -0.25) is 0 Å². The van der Waals surface area contributed by atoms with Crippen molar-refractivity contribution in [1.29, 1.82) is 0 Å². The van der Waals surface area contributed by atoms with Crippen molar-refractivity contribution in [3.8, 4) is 0 Å². The van der Waals surface area contributed by atoms with E-state index in [1.807, 2.05) is 0 Å². The molecule has 0 aromatic rings. The second-order valence-electron chi connectivity index (χ2n) is 5.20. The third kappa shape index (κ3) is 5.83. The van der Waals surface area contributed by atoms with Crippen LogP contribution in [0.4, 0.5) is 0 Å². The van der Waals surface area contributed by atoms with Crippen LogP contribution in [0, 0.1) is 0 Å². The molecule has 0 aromatic heterocycles. The summed E-state index contributed by atoms with van der Waals surface area (Å²) in [5.74, 6) is 0. The molecule has 96 valence electrons. The first kappa shape index (κ1) is 13.9. The summed E-state index contributed by atoms with van der Waals surface area (Å²) >= 11 is 0. The highest BCUT2D eigenvalue weighted by Gasteiger charge is 2.14. The van der Waals surface area contributed by atoms with Gasteiger partial charge in [-0.1, -0.05) is 6.42 Å². The molecule has 0 saturated carbocycles. The predicted molar refractivity (Wildman–Crippen MR) is 68.7 cm³/mol. The van der Waals surface area contributed by atoms with Gasteiger partial charge in [0.2, 0.25) is 0 Å². The molecule has 1 saturated heterocycles. The van der Waals surface area contributed by atoms with Crippen LogP contribution < -0.4 is 5.32 Å². The van der Waals surface area contributed by atoms with Gasteiger partial charge in [-0.2, -0.15) is 0 Å². The molecule has 16 heavy (non-hydrogen) atoms. The molecule has 0 amide bonds. The standard InChI is InChI=1S/C13H28N2O/c1-12(7-6-10-16)14-13(2)11-15-8-4-3-5-9-15/h12-14,16H,3-11H2,1-2H3. The number of rotatable bonds is 7. The van der Waals surface area contributed by atoms with E-state index in [2.05, 4.69) is 24.1 Å². The molecule has 0 aliphatic carbocycles. The van der Waals surface area contributed by atoms with Crippen molar-refractivity contribution in [1.82, 2.24) is 10.2 Å². The van der Waals surface area contributed by atoms with Gasteiger partial charge in [0.1, 0.15) is 0 Å². The Bertz CT molecular complexity index is 169. The zero-order chi connectivity index (χ0) is 11.8. The van der Waals surface area contributed by atoms with Crippen LogP contribution in [0.1, 0.15) is 46.0 Å². The van der Waals surface area contributed by atoms with Gasteiger partial charge in [0.05, 0.1) is 0 Å². The Kier molecular flexibility index (Phi) is 7.01. The van der Waals surface area contributed by atoms with Crippen LogP contribution in [0.2, 0.25) is 0 Å². The molecule has 1 rings (SSSR count). The summed E-state index contributed by atoms with van der Waals surface area (Å²) in [5.41, 5.74) is 0. The fraction of sp³-hybridized carbons (Fsp3) is 1.00. The van der Waals surface area contributed by atoms with Crippen molar-refractivity contribution in [2.24, 2.45) is 0 Å². The van der Waals surface area contributed by atoms with E-state index in [4.69, 9.17) is 5.11 Å². The van der Waals surface area contributed by atoms with E-state index in [0.717, 1.165) is 12.8 Å². The number of likely N-dealkylation sites (tertiary alicyclic amines) is 1. The number of nitrogens with zero attached hydrogens (tertiary/aromatic N) is 1. The highest BCUT2D eigenvalue weighted by molar-refractivity contribution is 4.73. The van der Waals surface area contributed by atoms with Gasteiger partial charge in [0.15, 0.2) is 0 Å². The van der Waals surface area contributed by atoms with E-state index in [-0.39, 0.29) is 0 Å². The van der Waals surface area contributed by atoms with Crippen molar-refractivity contribution in [3.05, 3.63) is 0 Å². The van der Waals surface area contributed by atoms with Gasteiger partial charge in [-0.15, -0.1) is 0 Å². The second kappa shape index (κ2) is 8.04. The van der Waals surface area contributed by atoms with Gasteiger partial charge in [-0.05, 0) is 52.6 Å². The minimum Gasteiger partial charge on any atom is -0.396 e. The average Bonchev–Trinajstić information content (AvgIpc) is 2.27. The number of aliphatic hydroxyl groups excluding tert-OH is 1. The summed E-state index contributed by atoms with van der Waals surface area (Å²) < 4.78 is 0. The molecule has 3 nitrogen and oxygen atoms in total. The second-order valence-corrected chi connectivity index (χ2v) is 5.20. The summed E-state index contributed by atoms with van der Waals surface area (Å²) in [5, 5.41) is 12.4. The SMILES string of the molecule is CC(CCCO)NC(C)CN1CCCCC1. The molecular formula is C13H28N2O. The van der Waals surface area contributed by atoms with Crippen LogP contribution in [-0.2, 0) is 0 Å². The van der Waals surface area contributed by atoms with Gasteiger partial charge in [-0.25, -0.2) is 0 Å². The number of aliphatic hydroxyl groups is 1. The first-order valence-corrected chi connectivity index (χ1v) is 6.81. The van der Waals surface area contributed by atoms with Gasteiger partial charge < -0.3 is 15.3 Å². The molecule has 0 aromatic carbocycles. The van der Waals surface area contributed by atoms with E-state index in [1.54, 1.807) is 0 Å². The fourth-order valence-electron chi connectivity index (χ4n) is 2.55. The lowest BCUT2D eigenvalue weighted by atomic mass is 10.1. The molecule has 0 bridgehead atoms. The predicted octanol–water partition coefficient (Wildman–Crippen LogP) is 1.61. The van der Waals surface area contributed by atoms with Crippen LogP contribution in [-0.4, -0.2) is 48.3 Å². The third-order valence-corrected chi connectivity index (χ3v) is 3.35. The van der Waals surface area contributed by atoms with Crippen molar-refractivity contribution >= 4 is 0 Å². The maximum atomic E-state index is 8.77. The first-order valence-electron chi connectivity index (χ1n) is 6.81. The zero-order valence-corrected chi connectivity index (χ0v) is 10.9. The normalized spacial score (nSPS) is 21.9. The van der Waals surface area contributed by atoms with Crippen molar-refractivity contribution in [2.75, 3.05) is 26.2 Å². The maximum absolute atomic E-state index is 8.77. The lowest BCUT2D eigenvalue weighted by Gasteiger charge is -2.30. The van der Waals surface area contributed by atoms with E-state index < -0.39 is 0 Å². The molecule has 2 unspecified atom stereocenters. The smallest absolute Gasteiger partial charge is 0.0431 e. The summed E-state index contributed by atoms with van der Waals surface area (Å²) in [6.45, 7) is 8.51. The van der Waals surface area contributed by atoms with Gasteiger partial charge >= 0.3 is 0 Å². The minimum absolute atomic E-state index is 0.312. The van der Waals surface area contributed by atoms with Crippen molar-refractivity contribution < 1.29 is 5.11 Å². The average molecular weight is 228 g/mol. The highest BCUT2D eigenvalue weighted by atomic mass is 16.2. The van der Waals surface area contributed by atoms with Crippen molar-refractivity contribution in [2.45, 2.75) is 58.0 Å². The summed E-state index contributed by atoms with van der Waals surface area (Å²) in [7, 11) is 0. The van der Waals surface area contributed by atoms with E-state index in [1.165, 1.54) is 38.9 Å². The Morgan fingerprint density at radius 3 is 2.44 bits per heavy atom. The van der Waals surface area contributed by atoms with Crippen molar-refractivity contribution in [3.63, 3.8) is 0 Å². The van der Waals surface area contributed by atoms with Crippen LogP contribution in [0.3, 0.4) is 0 Å². The molecule has 1 fully saturated rings. The van der Waals surface area contributed by atoms with Gasteiger partial charge in [0, 0.05) is 25.2 Å². The molecule has 2 atom stereocenters. The Balaban J connectivity index is 2.11. The highest BCUT2D eigenvalue weighted by Crippen LogP contribution is 2.09. The third-order valence-electron chi connectivity index (χ3n) is 3.35. The molecule has 3 heteroatoms. The molecule has 1 aliphatic heterocycles. The molecule has 0 spiro atoms. The fourth-order valence-corrected chi connectivity index (χ4v) is 2.55. The molecule has 1 aliphatic rings. The Morgan fingerprint density at radius 1 is 1.12 bits per heavy atom. The first-order chi connectivity index (χ1) is 7.72. The number of hydrogen-bond acceptors (Lipinski definition) is 3. The summed E-state index contributed by atoms with van der Waals surface area (Å²) in [6.07, 6.45) is 6.12. The maximum Gasteiger partial charge on any atom is 0.0431 e. The number of nitrogens with one attached hydrogen (secondary N) is 1. The molecule has 2 N–H and O–H groups in total. The topological polar surface area (TPSA) is 35.5 Å². The Morgan fingerprint density at radius 2 is 1.81 bits per heavy atom. The zero-order valence-electron chi connectivity index (χ0n) is 10.9. The van der Waals surface area contributed by atoms with Crippen LogP contribution in [0.25, 0.3) is 0 Å². The van der Waals surface area contributed by atoms with E-state index >= 15 is 0 Å². The summed E-state index contributed by atoms with van der Waals surface area (Å²) in [4.78, 5) is 2.57. The quantitative estimate of drug-likeness (QED) is 0.695. The lowest BCUT2D eigenvalue weighted by Crippen LogP contribution is -2.44. The largest absolute Gasteiger partial charge is 0.396 e. The summed E-state index contributed by atoms with van der Waals surface area (Å²) in [6, 6.07) is 1.08.